The van der Waals surface area contributed by atoms with Crippen LogP contribution in [0.5, 0.6) is 0 Å². The fourth-order valence-corrected chi connectivity index (χ4v) is 1.51. The Hall–Kier alpha value is -0.640. The summed E-state index contributed by atoms with van der Waals surface area (Å²) < 4.78 is 12.7. The third-order valence-corrected chi connectivity index (χ3v) is 2.27. The molecule has 1 rings (SSSR count). The zero-order chi connectivity index (χ0) is 9.84. The van der Waals surface area contributed by atoms with Crippen LogP contribution in [0.4, 0.5) is 4.39 Å². The largest absolute Gasteiger partial charge is 0.271 e. The van der Waals surface area contributed by atoms with Crippen LogP contribution in [0.15, 0.2) is 18.2 Å². The Kier molecular flexibility index (Phi) is 3.66. The predicted octanol–water partition coefficient (Wildman–Crippen LogP) is 2.39. The maximum atomic E-state index is 12.7. The second kappa shape index (κ2) is 4.56. The molecule has 2 nitrogen and oxygen atoms in total. The van der Waals surface area contributed by atoms with Crippen molar-refractivity contribution in [3.05, 3.63) is 34.6 Å². The minimum atomic E-state index is -0.333. The Morgan fingerprint density at radius 1 is 1.62 bits per heavy atom. The van der Waals surface area contributed by atoms with Gasteiger partial charge >= 0.3 is 0 Å². The molecule has 0 bridgehead atoms. The van der Waals surface area contributed by atoms with E-state index in [-0.39, 0.29) is 11.9 Å². The smallest absolute Gasteiger partial charge is 0.124 e. The summed E-state index contributed by atoms with van der Waals surface area (Å²) in [7, 11) is 0. The number of rotatable bonds is 3. The molecule has 0 saturated carbocycles. The van der Waals surface area contributed by atoms with Crippen LogP contribution < -0.4 is 11.3 Å². The van der Waals surface area contributed by atoms with Crippen molar-refractivity contribution in [1.29, 1.82) is 0 Å². The normalized spacial score (nSPS) is 12.9. The van der Waals surface area contributed by atoms with Gasteiger partial charge in [-0.3, -0.25) is 11.3 Å². The van der Waals surface area contributed by atoms with Gasteiger partial charge in [0.2, 0.25) is 0 Å². The van der Waals surface area contributed by atoms with E-state index in [2.05, 4.69) is 5.43 Å². The summed E-state index contributed by atoms with van der Waals surface area (Å²) in [6.07, 6.45) is 0.807. The van der Waals surface area contributed by atoms with Gasteiger partial charge in [-0.1, -0.05) is 24.6 Å². The van der Waals surface area contributed by atoms with Crippen LogP contribution in [0.2, 0.25) is 5.02 Å². The molecule has 0 aliphatic heterocycles. The summed E-state index contributed by atoms with van der Waals surface area (Å²) in [5.74, 6) is 4.99. The van der Waals surface area contributed by atoms with Gasteiger partial charge < -0.3 is 0 Å². The van der Waals surface area contributed by atoms with Gasteiger partial charge in [-0.2, -0.15) is 0 Å². The summed E-state index contributed by atoms with van der Waals surface area (Å²) >= 11 is 5.85. The quantitative estimate of drug-likeness (QED) is 0.584. The Bertz CT molecular complexity index is 287. The summed E-state index contributed by atoms with van der Waals surface area (Å²) in [5.41, 5.74) is 3.45. The van der Waals surface area contributed by atoms with Gasteiger partial charge in [-0.05, 0) is 24.1 Å². The van der Waals surface area contributed by atoms with Crippen molar-refractivity contribution in [2.24, 2.45) is 5.84 Å². The van der Waals surface area contributed by atoms with Crippen molar-refractivity contribution in [3.63, 3.8) is 0 Å². The standard InChI is InChI=1S/C9H12ClFN2/c1-2-9(13-12)7-4-3-6(11)5-8(7)10/h3-5,9,13H,2,12H2,1H3. The van der Waals surface area contributed by atoms with Crippen LogP contribution >= 0.6 is 11.6 Å². The molecule has 1 aromatic rings. The first kappa shape index (κ1) is 10.4. The number of benzene rings is 1. The van der Waals surface area contributed by atoms with E-state index in [1.165, 1.54) is 12.1 Å². The Balaban J connectivity index is 2.99. The fourth-order valence-electron chi connectivity index (χ4n) is 1.21. The zero-order valence-electron chi connectivity index (χ0n) is 7.35. The molecule has 0 saturated heterocycles. The van der Waals surface area contributed by atoms with Crippen LogP contribution in [0, 0.1) is 5.82 Å². The highest BCUT2D eigenvalue weighted by atomic mass is 35.5. The number of halogens is 2. The molecule has 3 N–H and O–H groups in total. The molecule has 0 amide bonds. The first-order valence-electron chi connectivity index (χ1n) is 4.10. The second-order valence-electron chi connectivity index (χ2n) is 2.79. The molecule has 4 heteroatoms. The lowest BCUT2D eigenvalue weighted by Crippen LogP contribution is -2.27. The lowest BCUT2D eigenvalue weighted by atomic mass is 10.1. The van der Waals surface area contributed by atoms with Gasteiger partial charge in [0.25, 0.3) is 0 Å². The van der Waals surface area contributed by atoms with Gasteiger partial charge in [0.05, 0.1) is 0 Å². The van der Waals surface area contributed by atoms with Gasteiger partial charge in [0.1, 0.15) is 5.82 Å². The van der Waals surface area contributed by atoms with Crippen LogP contribution in [-0.4, -0.2) is 0 Å². The summed E-state index contributed by atoms with van der Waals surface area (Å²) in [6, 6.07) is 4.29. The van der Waals surface area contributed by atoms with Crippen molar-refractivity contribution in [1.82, 2.24) is 5.43 Å². The van der Waals surface area contributed by atoms with Crippen molar-refractivity contribution in [2.75, 3.05) is 0 Å². The third-order valence-electron chi connectivity index (χ3n) is 1.95. The summed E-state index contributed by atoms with van der Waals surface area (Å²) in [5, 5.41) is 0.407. The van der Waals surface area contributed by atoms with E-state index in [1.807, 2.05) is 6.92 Å². The molecular weight excluding hydrogens is 191 g/mol. The van der Waals surface area contributed by atoms with Crippen molar-refractivity contribution in [2.45, 2.75) is 19.4 Å². The molecule has 0 fully saturated rings. The number of hydrogen-bond donors (Lipinski definition) is 2. The van der Waals surface area contributed by atoms with E-state index in [0.717, 1.165) is 12.0 Å². The van der Waals surface area contributed by atoms with E-state index >= 15 is 0 Å². The third kappa shape index (κ3) is 2.40. The highest BCUT2D eigenvalue weighted by Gasteiger charge is 2.10. The van der Waals surface area contributed by atoms with E-state index in [1.54, 1.807) is 6.07 Å². The molecule has 0 heterocycles. The van der Waals surface area contributed by atoms with Crippen molar-refractivity contribution < 1.29 is 4.39 Å². The minimum absolute atomic E-state index is 0.0203. The van der Waals surface area contributed by atoms with E-state index in [0.29, 0.717) is 5.02 Å². The molecular formula is C9H12ClFN2. The maximum Gasteiger partial charge on any atom is 0.124 e. The maximum absolute atomic E-state index is 12.7. The molecule has 13 heavy (non-hydrogen) atoms. The van der Waals surface area contributed by atoms with Gasteiger partial charge in [0.15, 0.2) is 0 Å². The number of nitrogens with one attached hydrogen (secondary N) is 1. The lowest BCUT2D eigenvalue weighted by Gasteiger charge is -2.15. The molecule has 0 aliphatic rings. The molecule has 0 spiro atoms. The van der Waals surface area contributed by atoms with Gasteiger partial charge in [-0.25, -0.2) is 4.39 Å². The highest BCUT2D eigenvalue weighted by molar-refractivity contribution is 6.31. The second-order valence-corrected chi connectivity index (χ2v) is 3.20. The van der Waals surface area contributed by atoms with Crippen LogP contribution in [0.1, 0.15) is 24.9 Å². The van der Waals surface area contributed by atoms with Crippen LogP contribution in [0.3, 0.4) is 0 Å². The molecule has 72 valence electrons. The molecule has 1 atom stereocenters. The fraction of sp³-hybridized carbons (Fsp3) is 0.333. The number of hydrazine groups is 1. The average Bonchev–Trinajstić information content (AvgIpc) is 2.10. The molecule has 1 unspecified atom stereocenters. The SMILES string of the molecule is CCC(NN)c1ccc(F)cc1Cl. The topological polar surface area (TPSA) is 38.0 Å². The summed E-state index contributed by atoms with van der Waals surface area (Å²) in [4.78, 5) is 0. The lowest BCUT2D eigenvalue weighted by molar-refractivity contribution is 0.537. The van der Waals surface area contributed by atoms with Crippen LogP contribution in [0.25, 0.3) is 0 Å². The monoisotopic (exact) mass is 202 g/mol. The van der Waals surface area contributed by atoms with Gasteiger partial charge in [0, 0.05) is 11.1 Å². The number of hydrogen-bond acceptors (Lipinski definition) is 2. The van der Waals surface area contributed by atoms with E-state index in [4.69, 9.17) is 17.4 Å². The minimum Gasteiger partial charge on any atom is -0.271 e. The van der Waals surface area contributed by atoms with Gasteiger partial charge in [-0.15, -0.1) is 0 Å². The molecule has 0 aliphatic carbocycles. The molecule has 0 radical (unpaired) electrons. The Morgan fingerprint density at radius 3 is 2.77 bits per heavy atom. The van der Waals surface area contributed by atoms with Crippen molar-refractivity contribution in [3.8, 4) is 0 Å². The predicted molar refractivity (Wildman–Crippen MR) is 51.8 cm³/mol. The van der Waals surface area contributed by atoms with Crippen LogP contribution in [-0.2, 0) is 0 Å². The number of nitrogens with two attached hydrogens (primary N) is 1. The molecule has 0 aromatic heterocycles. The summed E-state index contributed by atoms with van der Waals surface area (Å²) in [6.45, 7) is 1.98. The molecule has 1 aromatic carbocycles. The highest BCUT2D eigenvalue weighted by Crippen LogP contribution is 2.25. The van der Waals surface area contributed by atoms with E-state index < -0.39 is 0 Å². The first-order valence-corrected chi connectivity index (χ1v) is 4.48. The zero-order valence-corrected chi connectivity index (χ0v) is 8.11. The Labute approximate surface area is 81.9 Å². The average molecular weight is 203 g/mol. The van der Waals surface area contributed by atoms with E-state index in [9.17, 15) is 4.39 Å². The Morgan fingerprint density at radius 2 is 2.31 bits per heavy atom. The van der Waals surface area contributed by atoms with Crippen molar-refractivity contribution >= 4 is 11.6 Å². The first-order chi connectivity index (χ1) is 6.19.